The number of benzene rings is 1. The summed E-state index contributed by atoms with van der Waals surface area (Å²) in [6, 6.07) is 7.70. The monoisotopic (exact) mass is 357 g/mol. The van der Waals surface area contributed by atoms with E-state index in [4.69, 9.17) is 11.6 Å². The van der Waals surface area contributed by atoms with Crippen molar-refractivity contribution in [3.8, 4) is 0 Å². The van der Waals surface area contributed by atoms with Crippen molar-refractivity contribution in [3.05, 3.63) is 40.7 Å². The lowest BCUT2D eigenvalue weighted by Gasteiger charge is -2.08. The highest BCUT2D eigenvalue weighted by Gasteiger charge is 2.32. The summed E-state index contributed by atoms with van der Waals surface area (Å²) >= 11 is 7.55. The average Bonchev–Trinajstić information content (AvgIpc) is 2.99. The van der Waals surface area contributed by atoms with Gasteiger partial charge in [-0.05, 0) is 24.1 Å². The van der Waals surface area contributed by atoms with Gasteiger partial charge in [-0.15, -0.1) is 10.2 Å². The maximum atomic E-state index is 11.6. The van der Waals surface area contributed by atoms with Crippen LogP contribution in [0.25, 0.3) is 0 Å². The van der Waals surface area contributed by atoms with Crippen LogP contribution in [0.2, 0.25) is 5.02 Å². The van der Waals surface area contributed by atoms with Crippen molar-refractivity contribution in [1.82, 2.24) is 14.8 Å². The van der Waals surface area contributed by atoms with Gasteiger partial charge in [0.15, 0.2) is 15.0 Å². The van der Waals surface area contributed by atoms with Gasteiger partial charge in [-0.3, -0.25) is 0 Å². The summed E-state index contributed by atoms with van der Waals surface area (Å²) in [5.41, 5.74) is 1.12. The number of hydrogen-bond acceptors (Lipinski definition) is 5. The Kier molecular flexibility index (Phi) is 4.47. The zero-order valence-corrected chi connectivity index (χ0v) is 14.5. The molecule has 118 valence electrons. The van der Waals surface area contributed by atoms with E-state index in [2.05, 4.69) is 10.2 Å². The van der Waals surface area contributed by atoms with Gasteiger partial charge in [0.25, 0.3) is 0 Å². The van der Waals surface area contributed by atoms with Crippen molar-refractivity contribution in [3.63, 3.8) is 0 Å². The van der Waals surface area contributed by atoms with Crippen LogP contribution in [-0.2, 0) is 22.6 Å². The van der Waals surface area contributed by atoms with E-state index in [1.54, 1.807) is 11.8 Å². The molecule has 22 heavy (non-hydrogen) atoms. The Morgan fingerprint density at radius 3 is 2.91 bits per heavy atom. The zero-order chi connectivity index (χ0) is 15.7. The summed E-state index contributed by atoms with van der Waals surface area (Å²) in [7, 11) is -1.02. The second-order valence-electron chi connectivity index (χ2n) is 5.42. The molecular formula is C14H16ClN3O2S2. The summed E-state index contributed by atoms with van der Waals surface area (Å²) in [6.45, 7) is 0. The molecule has 2 heterocycles. The molecule has 3 rings (SSSR count). The van der Waals surface area contributed by atoms with Crippen LogP contribution in [0.15, 0.2) is 29.4 Å². The first kappa shape index (κ1) is 15.8. The van der Waals surface area contributed by atoms with E-state index in [1.165, 1.54) is 0 Å². The number of rotatable bonds is 4. The van der Waals surface area contributed by atoms with Crippen LogP contribution in [0, 0.1) is 0 Å². The van der Waals surface area contributed by atoms with E-state index in [1.807, 2.05) is 35.9 Å². The SMILES string of the molecule is Cn1c(SCc2cccc(Cl)c2)nnc1C1CCS(=O)(=O)C1. The predicted octanol–water partition coefficient (Wildman–Crippen LogP) is 2.66. The van der Waals surface area contributed by atoms with Crippen LogP contribution in [0.4, 0.5) is 0 Å². The number of hydrogen-bond donors (Lipinski definition) is 0. The van der Waals surface area contributed by atoms with Gasteiger partial charge in [0.2, 0.25) is 0 Å². The quantitative estimate of drug-likeness (QED) is 0.787. The van der Waals surface area contributed by atoms with Crippen LogP contribution in [0.5, 0.6) is 0 Å². The third-order valence-electron chi connectivity index (χ3n) is 3.72. The van der Waals surface area contributed by atoms with Gasteiger partial charge in [-0.2, -0.15) is 0 Å². The maximum Gasteiger partial charge on any atom is 0.191 e. The molecule has 1 aromatic carbocycles. The summed E-state index contributed by atoms with van der Waals surface area (Å²) in [5, 5.41) is 9.90. The van der Waals surface area contributed by atoms with Crippen molar-refractivity contribution in [2.45, 2.75) is 23.2 Å². The fourth-order valence-electron chi connectivity index (χ4n) is 2.58. The lowest BCUT2D eigenvalue weighted by molar-refractivity contribution is 0.599. The lowest BCUT2D eigenvalue weighted by Crippen LogP contribution is -2.09. The topological polar surface area (TPSA) is 64.8 Å². The predicted molar refractivity (Wildman–Crippen MR) is 88.0 cm³/mol. The number of thioether (sulfide) groups is 1. The molecule has 1 aromatic heterocycles. The standard InChI is InChI=1S/C14H16ClN3O2S2/c1-18-13(11-5-6-22(19,20)9-11)16-17-14(18)21-8-10-3-2-4-12(15)7-10/h2-4,7,11H,5-6,8-9H2,1H3. The molecule has 0 radical (unpaired) electrons. The lowest BCUT2D eigenvalue weighted by atomic mass is 10.1. The van der Waals surface area contributed by atoms with Gasteiger partial charge in [-0.1, -0.05) is 35.5 Å². The highest BCUT2D eigenvalue weighted by molar-refractivity contribution is 7.98. The second kappa shape index (κ2) is 6.22. The minimum absolute atomic E-state index is 0.0389. The summed E-state index contributed by atoms with van der Waals surface area (Å²) in [4.78, 5) is 0. The van der Waals surface area contributed by atoms with Crippen LogP contribution in [0.3, 0.4) is 0 Å². The van der Waals surface area contributed by atoms with Crippen LogP contribution < -0.4 is 0 Å². The van der Waals surface area contributed by atoms with E-state index in [-0.39, 0.29) is 17.4 Å². The number of aromatic nitrogens is 3. The van der Waals surface area contributed by atoms with Gasteiger partial charge >= 0.3 is 0 Å². The Morgan fingerprint density at radius 2 is 2.23 bits per heavy atom. The van der Waals surface area contributed by atoms with Gasteiger partial charge in [0.05, 0.1) is 11.5 Å². The number of nitrogens with zero attached hydrogens (tertiary/aromatic N) is 3. The number of halogens is 1. The molecule has 0 aliphatic carbocycles. The van der Waals surface area contributed by atoms with Crippen molar-refractivity contribution < 1.29 is 8.42 Å². The Balaban J connectivity index is 1.71. The largest absolute Gasteiger partial charge is 0.309 e. The molecule has 1 aliphatic heterocycles. The molecular weight excluding hydrogens is 342 g/mol. The van der Waals surface area contributed by atoms with Crippen LogP contribution in [0.1, 0.15) is 23.7 Å². The normalized spacial score (nSPS) is 20.4. The van der Waals surface area contributed by atoms with Gasteiger partial charge < -0.3 is 4.57 Å². The van der Waals surface area contributed by atoms with E-state index in [0.717, 1.165) is 22.3 Å². The molecule has 0 spiro atoms. The fourth-order valence-corrected chi connectivity index (χ4v) is 5.39. The van der Waals surface area contributed by atoms with Crippen LogP contribution >= 0.6 is 23.4 Å². The molecule has 1 atom stereocenters. The first-order valence-electron chi connectivity index (χ1n) is 6.91. The van der Waals surface area contributed by atoms with Gasteiger partial charge in [-0.25, -0.2) is 8.42 Å². The molecule has 1 saturated heterocycles. The molecule has 0 bridgehead atoms. The Hall–Kier alpha value is -1.05. The molecule has 5 nitrogen and oxygen atoms in total. The zero-order valence-electron chi connectivity index (χ0n) is 12.1. The minimum atomic E-state index is -2.91. The first-order chi connectivity index (χ1) is 10.4. The molecule has 1 aliphatic rings. The Bertz CT molecular complexity index is 789. The van der Waals surface area contributed by atoms with Crippen molar-refractivity contribution in [2.24, 2.45) is 7.05 Å². The Labute approximate surface area is 139 Å². The molecule has 1 unspecified atom stereocenters. The highest BCUT2D eigenvalue weighted by Crippen LogP contribution is 2.30. The molecule has 1 fully saturated rings. The number of sulfone groups is 1. The van der Waals surface area contributed by atoms with E-state index in [9.17, 15) is 8.42 Å². The molecule has 0 N–H and O–H groups in total. The molecule has 8 heteroatoms. The third kappa shape index (κ3) is 3.47. The van der Waals surface area contributed by atoms with Crippen molar-refractivity contribution in [2.75, 3.05) is 11.5 Å². The van der Waals surface area contributed by atoms with E-state index < -0.39 is 9.84 Å². The van der Waals surface area contributed by atoms with Gasteiger partial charge in [0.1, 0.15) is 5.82 Å². The summed E-state index contributed by atoms with van der Waals surface area (Å²) < 4.78 is 25.1. The summed E-state index contributed by atoms with van der Waals surface area (Å²) in [5.74, 6) is 1.89. The first-order valence-corrected chi connectivity index (χ1v) is 10.1. The highest BCUT2D eigenvalue weighted by atomic mass is 35.5. The van der Waals surface area contributed by atoms with Gasteiger partial charge in [0, 0.05) is 23.7 Å². The third-order valence-corrected chi connectivity index (χ3v) is 6.82. The van der Waals surface area contributed by atoms with E-state index >= 15 is 0 Å². The molecule has 0 amide bonds. The average molecular weight is 358 g/mol. The van der Waals surface area contributed by atoms with E-state index in [0.29, 0.717) is 11.4 Å². The maximum absolute atomic E-state index is 11.6. The van der Waals surface area contributed by atoms with Crippen molar-refractivity contribution >= 4 is 33.2 Å². The molecule has 2 aromatic rings. The minimum Gasteiger partial charge on any atom is -0.309 e. The Morgan fingerprint density at radius 1 is 1.41 bits per heavy atom. The molecule has 0 saturated carbocycles. The van der Waals surface area contributed by atoms with Crippen molar-refractivity contribution in [1.29, 1.82) is 0 Å². The fraction of sp³-hybridized carbons (Fsp3) is 0.429. The summed E-state index contributed by atoms with van der Waals surface area (Å²) in [6.07, 6.45) is 0.632. The second-order valence-corrected chi connectivity index (χ2v) is 9.03. The smallest absolute Gasteiger partial charge is 0.191 e. The van der Waals surface area contributed by atoms with Crippen LogP contribution in [-0.4, -0.2) is 34.7 Å².